The Kier molecular flexibility index (Phi) is 4.84. The van der Waals surface area contributed by atoms with Crippen molar-refractivity contribution in [3.05, 3.63) is 46.7 Å². The van der Waals surface area contributed by atoms with Crippen LogP contribution in [0.3, 0.4) is 0 Å². The molecule has 0 fully saturated rings. The highest BCUT2D eigenvalue weighted by Gasteiger charge is 2.06. The third kappa shape index (κ3) is 3.63. The molecule has 0 heterocycles. The van der Waals surface area contributed by atoms with Crippen molar-refractivity contribution in [2.24, 2.45) is 0 Å². The van der Waals surface area contributed by atoms with E-state index in [1.807, 2.05) is 6.92 Å². The van der Waals surface area contributed by atoms with Gasteiger partial charge >= 0.3 is 0 Å². The van der Waals surface area contributed by atoms with E-state index in [-0.39, 0.29) is 5.82 Å². The summed E-state index contributed by atoms with van der Waals surface area (Å²) in [6, 6.07) is 10.2. The van der Waals surface area contributed by atoms with Crippen molar-refractivity contribution in [3.63, 3.8) is 0 Å². The van der Waals surface area contributed by atoms with Gasteiger partial charge in [-0.3, -0.25) is 0 Å². The number of halogens is 2. The number of anilines is 3. The fourth-order valence-electron chi connectivity index (χ4n) is 1.70. The SMILES string of the molecule is CCCOc1cc(Nc2ccc(Br)cc2F)ccc1N. The third-order valence-corrected chi connectivity index (χ3v) is 3.18. The van der Waals surface area contributed by atoms with Crippen molar-refractivity contribution in [2.75, 3.05) is 17.7 Å². The van der Waals surface area contributed by atoms with Crippen molar-refractivity contribution in [1.29, 1.82) is 0 Å². The van der Waals surface area contributed by atoms with Crippen LogP contribution in [0.25, 0.3) is 0 Å². The minimum Gasteiger partial charge on any atom is -0.491 e. The summed E-state index contributed by atoms with van der Waals surface area (Å²) in [7, 11) is 0. The molecule has 0 radical (unpaired) electrons. The van der Waals surface area contributed by atoms with Gasteiger partial charge in [0.2, 0.25) is 0 Å². The Bertz CT molecular complexity index is 604. The van der Waals surface area contributed by atoms with Gasteiger partial charge in [-0.25, -0.2) is 4.39 Å². The monoisotopic (exact) mass is 338 g/mol. The summed E-state index contributed by atoms with van der Waals surface area (Å²) in [5.41, 5.74) is 7.54. The van der Waals surface area contributed by atoms with E-state index in [4.69, 9.17) is 10.5 Å². The van der Waals surface area contributed by atoms with Crippen LogP contribution in [0, 0.1) is 5.82 Å². The van der Waals surface area contributed by atoms with Gasteiger partial charge in [-0.2, -0.15) is 0 Å². The highest BCUT2D eigenvalue weighted by Crippen LogP contribution is 2.29. The summed E-state index contributed by atoms with van der Waals surface area (Å²) in [5.74, 6) is 0.279. The summed E-state index contributed by atoms with van der Waals surface area (Å²) in [4.78, 5) is 0. The molecule has 2 aromatic rings. The topological polar surface area (TPSA) is 47.3 Å². The summed E-state index contributed by atoms with van der Waals surface area (Å²) >= 11 is 3.23. The standard InChI is InChI=1S/C15H16BrFN2O/c1-2-7-20-15-9-11(4-5-13(15)18)19-14-6-3-10(16)8-12(14)17/h3-6,8-9,19H,2,7,18H2,1H3. The molecule has 0 aromatic heterocycles. The van der Waals surface area contributed by atoms with Crippen LogP contribution < -0.4 is 15.8 Å². The highest BCUT2D eigenvalue weighted by molar-refractivity contribution is 9.10. The van der Waals surface area contributed by atoms with Crippen LogP contribution in [0.1, 0.15) is 13.3 Å². The molecule has 5 heteroatoms. The fourth-order valence-corrected chi connectivity index (χ4v) is 2.03. The number of nitrogens with one attached hydrogen (secondary N) is 1. The zero-order valence-electron chi connectivity index (χ0n) is 11.1. The smallest absolute Gasteiger partial charge is 0.147 e. The van der Waals surface area contributed by atoms with Crippen LogP contribution in [0.5, 0.6) is 5.75 Å². The summed E-state index contributed by atoms with van der Waals surface area (Å²) in [5, 5.41) is 3.01. The van der Waals surface area contributed by atoms with Gasteiger partial charge in [0, 0.05) is 16.2 Å². The van der Waals surface area contributed by atoms with Crippen LogP contribution in [-0.4, -0.2) is 6.61 Å². The number of benzene rings is 2. The second kappa shape index (κ2) is 6.61. The van der Waals surface area contributed by atoms with Crippen molar-refractivity contribution in [2.45, 2.75) is 13.3 Å². The predicted molar refractivity (Wildman–Crippen MR) is 84.0 cm³/mol. The van der Waals surface area contributed by atoms with Gasteiger partial charge in [0.1, 0.15) is 11.6 Å². The number of nitrogen functional groups attached to an aromatic ring is 1. The van der Waals surface area contributed by atoms with Gasteiger partial charge in [-0.05, 0) is 36.8 Å². The van der Waals surface area contributed by atoms with Gasteiger partial charge in [-0.1, -0.05) is 22.9 Å². The number of rotatable bonds is 5. The summed E-state index contributed by atoms with van der Waals surface area (Å²) in [6.07, 6.45) is 0.901. The molecule has 0 atom stereocenters. The van der Waals surface area contributed by atoms with E-state index in [0.29, 0.717) is 28.2 Å². The average Bonchev–Trinajstić information content (AvgIpc) is 2.42. The van der Waals surface area contributed by atoms with Gasteiger partial charge < -0.3 is 15.8 Å². The van der Waals surface area contributed by atoms with Gasteiger partial charge in [-0.15, -0.1) is 0 Å². The Morgan fingerprint density at radius 1 is 1.25 bits per heavy atom. The van der Waals surface area contributed by atoms with E-state index in [2.05, 4.69) is 21.2 Å². The van der Waals surface area contributed by atoms with E-state index in [0.717, 1.165) is 12.1 Å². The van der Waals surface area contributed by atoms with Gasteiger partial charge in [0.25, 0.3) is 0 Å². The normalized spacial score (nSPS) is 10.3. The summed E-state index contributed by atoms with van der Waals surface area (Å²) in [6.45, 7) is 2.62. The Morgan fingerprint density at radius 2 is 2.05 bits per heavy atom. The highest BCUT2D eigenvalue weighted by atomic mass is 79.9. The van der Waals surface area contributed by atoms with Gasteiger partial charge in [0.05, 0.1) is 18.0 Å². The lowest BCUT2D eigenvalue weighted by atomic mass is 10.2. The molecule has 0 saturated carbocycles. The molecule has 0 unspecified atom stereocenters. The molecule has 2 aromatic carbocycles. The second-order valence-corrected chi connectivity index (χ2v) is 5.27. The molecule has 0 bridgehead atoms. The van der Waals surface area contributed by atoms with E-state index < -0.39 is 0 Å². The van der Waals surface area contributed by atoms with Crippen molar-refractivity contribution in [3.8, 4) is 5.75 Å². The first-order valence-electron chi connectivity index (χ1n) is 6.34. The molecule has 0 spiro atoms. The molecular weight excluding hydrogens is 323 g/mol. The lowest BCUT2D eigenvalue weighted by molar-refractivity contribution is 0.319. The maximum absolute atomic E-state index is 13.8. The molecule has 0 aliphatic rings. The van der Waals surface area contributed by atoms with Crippen LogP contribution in [0.4, 0.5) is 21.5 Å². The molecule has 0 saturated heterocycles. The Labute approximate surface area is 126 Å². The van der Waals surface area contributed by atoms with E-state index >= 15 is 0 Å². The maximum Gasteiger partial charge on any atom is 0.147 e. The molecule has 0 aliphatic heterocycles. The zero-order valence-corrected chi connectivity index (χ0v) is 12.7. The first-order valence-corrected chi connectivity index (χ1v) is 7.14. The second-order valence-electron chi connectivity index (χ2n) is 4.35. The zero-order chi connectivity index (χ0) is 14.5. The van der Waals surface area contributed by atoms with Crippen LogP contribution in [0.15, 0.2) is 40.9 Å². The lowest BCUT2D eigenvalue weighted by Crippen LogP contribution is -2.00. The van der Waals surface area contributed by atoms with E-state index in [1.165, 1.54) is 6.07 Å². The molecule has 106 valence electrons. The molecule has 3 nitrogen and oxygen atoms in total. The average molecular weight is 339 g/mol. The third-order valence-electron chi connectivity index (χ3n) is 2.69. The number of nitrogens with two attached hydrogens (primary N) is 1. The van der Waals surface area contributed by atoms with E-state index in [9.17, 15) is 4.39 Å². The van der Waals surface area contributed by atoms with Crippen LogP contribution in [-0.2, 0) is 0 Å². The molecule has 0 aliphatic carbocycles. The lowest BCUT2D eigenvalue weighted by Gasteiger charge is -2.12. The molecular formula is C15H16BrFN2O. The minimum absolute atomic E-state index is 0.327. The predicted octanol–water partition coefficient (Wildman–Crippen LogP) is 4.70. The first-order chi connectivity index (χ1) is 9.60. The van der Waals surface area contributed by atoms with Crippen molar-refractivity contribution < 1.29 is 9.13 Å². The first kappa shape index (κ1) is 14.7. The molecule has 0 amide bonds. The quantitative estimate of drug-likeness (QED) is 0.776. The Balaban J connectivity index is 2.20. The van der Waals surface area contributed by atoms with Crippen molar-refractivity contribution >= 4 is 33.0 Å². The number of hydrogen-bond donors (Lipinski definition) is 2. The molecule has 3 N–H and O–H groups in total. The van der Waals surface area contributed by atoms with Crippen LogP contribution in [0.2, 0.25) is 0 Å². The van der Waals surface area contributed by atoms with Gasteiger partial charge in [0.15, 0.2) is 0 Å². The number of ether oxygens (including phenoxy) is 1. The Hall–Kier alpha value is -1.75. The largest absolute Gasteiger partial charge is 0.491 e. The Morgan fingerprint density at radius 3 is 2.75 bits per heavy atom. The van der Waals surface area contributed by atoms with E-state index in [1.54, 1.807) is 30.3 Å². The summed E-state index contributed by atoms with van der Waals surface area (Å²) < 4.78 is 20.0. The molecule has 2 rings (SSSR count). The van der Waals surface area contributed by atoms with Crippen molar-refractivity contribution in [1.82, 2.24) is 0 Å². The van der Waals surface area contributed by atoms with Crippen LogP contribution >= 0.6 is 15.9 Å². The molecule has 20 heavy (non-hydrogen) atoms. The minimum atomic E-state index is -0.327. The fraction of sp³-hybridized carbons (Fsp3) is 0.200. The number of hydrogen-bond acceptors (Lipinski definition) is 3. The maximum atomic E-state index is 13.8.